The quantitative estimate of drug-likeness (QED) is 0.850. The van der Waals surface area contributed by atoms with Crippen LogP contribution in [0.25, 0.3) is 11.4 Å². The molecule has 0 N–H and O–H groups in total. The molecule has 2 atom stereocenters. The van der Waals surface area contributed by atoms with Crippen molar-refractivity contribution in [2.24, 2.45) is 5.92 Å². The van der Waals surface area contributed by atoms with E-state index >= 15 is 0 Å². The molecule has 1 aliphatic carbocycles. The summed E-state index contributed by atoms with van der Waals surface area (Å²) in [5, 5.41) is 4.08. The zero-order valence-electron chi connectivity index (χ0n) is 15.1. The van der Waals surface area contributed by atoms with Gasteiger partial charge in [-0.15, -0.1) is 0 Å². The Morgan fingerprint density at radius 3 is 2.65 bits per heavy atom. The Labute approximate surface area is 153 Å². The second-order valence-electron chi connectivity index (χ2n) is 8.08. The number of fused-ring (bicyclic) bond motifs is 4. The number of carbonyl (C=O) groups excluding carboxylic acids is 1. The Morgan fingerprint density at radius 1 is 1.08 bits per heavy atom. The van der Waals surface area contributed by atoms with Crippen LogP contribution in [-0.2, 0) is 0 Å². The highest BCUT2D eigenvalue weighted by Gasteiger charge is 2.36. The molecule has 6 nitrogen and oxygen atoms in total. The van der Waals surface area contributed by atoms with E-state index in [1.54, 1.807) is 0 Å². The first-order chi connectivity index (χ1) is 12.7. The summed E-state index contributed by atoms with van der Waals surface area (Å²) in [6.07, 6.45) is 4.63. The maximum atomic E-state index is 13.1. The lowest BCUT2D eigenvalue weighted by atomic mass is 9.94. The predicted molar refractivity (Wildman–Crippen MR) is 96.8 cm³/mol. The average Bonchev–Trinajstić information content (AvgIpc) is 3.44. The molecule has 6 rings (SSSR count). The number of aromatic nitrogens is 2. The van der Waals surface area contributed by atoms with E-state index in [2.05, 4.69) is 27.0 Å². The second-order valence-corrected chi connectivity index (χ2v) is 8.08. The van der Waals surface area contributed by atoms with Gasteiger partial charge in [-0.1, -0.05) is 17.3 Å². The number of rotatable bonds is 3. The molecule has 3 aliphatic heterocycles. The van der Waals surface area contributed by atoms with Gasteiger partial charge < -0.3 is 14.3 Å². The zero-order valence-corrected chi connectivity index (χ0v) is 15.1. The van der Waals surface area contributed by atoms with Crippen LogP contribution in [-0.4, -0.2) is 58.6 Å². The van der Waals surface area contributed by atoms with Gasteiger partial charge in [-0.05, 0) is 50.8 Å². The molecule has 2 bridgehead atoms. The molecule has 136 valence electrons. The monoisotopic (exact) mass is 352 g/mol. The fourth-order valence-corrected chi connectivity index (χ4v) is 4.34. The third kappa shape index (κ3) is 2.92. The van der Waals surface area contributed by atoms with Crippen LogP contribution in [0.3, 0.4) is 0 Å². The first-order valence-electron chi connectivity index (χ1n) is 9.61. The summed E-state index contributed by atoms with van der Waals surface area (Å²) in [6, 6.07) is 7.98. The van der Waals surface area contributed by atoms with Crippen molar-refractivity contribution in [1.29, 1.82) is 0 Å². The number of likely N-dealkylation sites (N-methyl/N-ethyl adjacent to an activating group) is 1. The van der Waals surface area contributed by atoms with Crippen molar-refractivity contribution in [3.05, 3.63) is 35.7 Å². The van der Waals surface area contributed by atoms with E-state index in [9.17, 15) is 4.79 Å². The number of hydrogen-bond donors (Lipinski definition) is 0. The molecule has 6 heteroatoms. The lowest BCUT2D eigenvalue weighted by Gasteiger charge is -2.36. The number of benzene rings is 1. The Balaban J connectivity index is 1.34. The number of hydrogen-bond acceptors (Lipinski definition) is 5. The van der Waals surface area contributed by atoms with Crippen LogP contribution < -0.4 is 0 Å². The van der Waals surface area contributed by atoms with Crippen LogP contribution in [0, 0.1) is 5.92 Å². The van der Waals surface area contributed by atoms with Crippen LogP contribution in [0.15, 0.2) is 28.8 Å². The minimum absolute atomic E-state index is 0.147. The number of piperidine rings is 1. The van der Waals surface area contributed by atoms with E-state index in [0.717, 1.165) is 55.9 Å². The van der Waals surface area contributed by atoms with Crippen LogP contribution in [0.4, 0.5) is 0 Å². The van der Waals surface area contributed by atoms with Gasteiger partial charge in [-0.3, -0.25) is 4.79 Å². The van der Waals surface area contributed by atoms with Crippen LogP contribution in [0.2, 0.25) is 0 Å². The van der Waals surface area contributed by atoms with Gasteiger partial charge in [0, 0.05) is 42.7 Å². The number of carbonyl (C=O) groups is 1. The Bertz CT molecular complexity index is 811. The topological polar surface area (TPSA) is 62.5 Å². The van der Waals surface area contributed by atoms with Crippen molar-refractivity contribution >= 4 is 5.91 Å². The van der Waals surface area contributed by atoms with Crippen molar-refractivity contribution in [1.82, 2.24) is 19.9 Å². The Kier molecular flexibility index (Phi) is 3.81. The molecule has 2 aromatic rings. The molecule has 4 aliphatic rings. The largest absolute Gasteiger partial charge is 0.339 e. The van der Waals surface area contributed by atoms with Crippen molar-refractivity contribution in [3.8, 4) is 11.4 Å². The second kappa shape index (κ2) is 6.20. The fourth-order valence-electron chi connectivity index (χ4n) is 4.34. The van der Waals surface area contributed by atoms with Crippen molar-refractivity contribution in [3.63, 3.8) is 0 Å². The van der Waals surface area contributed by atoms with E-state index in [1.807, 2.05) is 24.3 Å². The molecule has 1 aromatic carbocycles. The van der Waals surface area contributed by atoms with E-state index in [0.29, 0.717) is 23.7 Å². The van der Waals surface area contributed by atoms with Gasteiger partial charge in [-0.2, -0.15) is 4.98 Å². The number of nitrogens with zero attached hydrogens (tertiary/aromatic N) is 4. The third-order valence-corrected chi connectivity index (χ3v) is 5.92. The highest BCUT2D eigenvalue weighted by molar-refractivity contribution is 5.95. The van der Waals surface area contributed by atoms with E-state index < -0.39 is 0 Å². The summed E-state index contributed by atoms with van der Waals surface area (Å²) in [5.74, 6) is 2.55. The lowest BCUT2D eigenvalue weighted by Crippen LogP contribution is -2.47. The highest BCUT2D eigenvalue weighted by Crippen LogP contribution is 2.39. The summed E-state index contributed by atoms with van der Waals surface area (Å²) in [6.45, 7) is 2.96. The molecule has 1 amide bonds. The minimum Gasteiger partial charge on any atom is -0.339 e. The van der Waals surface area contributed by atoms with E-state index in [4.69, 9.17) is 4.52 Å². The highest BCUT2D eigenvalue weighted by atomic mass is 16.5. The molecule has 0 spiro atoms. The summed E-state index contributed by atoms with van der Waals surface area (Å²) >= 11 is 0. The molecule has 1 saturated carbocycles. The molecule has 3 saturated heterocycles. The summed E-state index contributed by atoms with van der Waals surface area (Å²) in [5.41, 5.74) is 1.64. The maximum Gasteiger partial charge on any atom is 0.254 e. The molecule has 1 aromatic heterocycles. The predicted octanol–water partition coefficient (Wildman–Crippen LogP) is 2.78. The van der Waals surface area contributed by atoms with Gasteiger partial charge in [0.15, 0.2) is 0 Å². The van der Waals surface area contributed by atoms with Gasteiger partial charge in [0.1, 0.15) is 0 Å². The smallest absolute Gasteiger partial charge is 0.254 e. The lowest BCUT2D eigenvalue weighted by molar-refractivity contribution is 0.0587. The Morgan fingerprint density at radius 2 is 1.88 bits per heavy atom. The molecule has 26 heavy (non-hydrogen) atoms. The van der Waals surface area contributed by atoms with Gasteiger partial charge in [0.2, 0.25) is 11.7 Å². The minimum atomic E-state index is 0.147. The third-order valence-electron chi connectivity index (χ3n) is 5.92. The van der Waals surface area contributed by atoms with Crippen LogP contribution in [0.5, 0.6) is 0 Å². The van der Waals surface area contributed by atoms with E-state index in [-0.39, 0.29) is 5.91 Å². The van der Waals surface area contributed by atoms with Gasteiger partial charge in [0.05, 0.1) is 0 Å². The van der Waals surface area contributed by atoms with Crippen molar-refractivity contribution < 1.29 is 9.32 Å². The molecule has 0 radical (unpaired) electrons. The molecular formula is C20H24N4O2. The number of amides is 1. The maximum absolute atomic E-state index is 13.1. The van der Waals surface area contributed by atoms with Crippen LogP contribution >= 0.6 is 0 Å². The Hall–Kier alpha value is -2.21. The van der Waals surface area contributed by atoms with Gasteiger partial charge >= 0.3 is 0 Å². The first-order valence-corrected chi connectivity index (χ1v) is 9.61. The first kappa shape index (κ1) is 16.0. The van der Waals surface area contributed by atoms with Crippen LogP contribution in [0.1, 0.15) is 47.8 Å². The average molecular weight is 352 g/mol. The normalized spacial score (nSPS) is 26.1. The summed E-state index contributed by atoms with van der Waals surface area (Å²) in [4.78, 5) is 22.0. The van der Waals surface area contributed by atoms with Gasteiger partial charge in [-0.25, -0.2) is 0 Å². The zero-order chi connectivity index (χ0) is 17.7. The molecular weight excluding hydrogens is 328 g/mol. The molecule has 4 heterocycles. The fraction of sp³-hybridized carbons (Fsp3) is 0.550. The van der Waals surface area contributed by atoms with Gasteiger partial charge in [0.25, 0.3) is 5.91 Å². The van der Waals surface area contributed by atoms with E-state index in [1.165, 1.54) is 6.42 Å². The molecule has 0 unspecified atom stereocenters. The standard InChI is InChI=1S/C20H24N4O2/c1-23-10-13-2-9-17(12-23)24(11-13)20(25)16-7-3-14(4-8-16)18-21-19(26-22-18)15-5-6-15/h3-4,7-8,13,15,17H,2,5-6,9-12H2,1H3/t13-,17+/m0/s1. The van der Waals surface area contributed by atoms with Crippen molar-refractivity contribution in [2.45, 2.75) is 37.6 Å². The summed E-state index contributed by atoms with van der Waals surface area (Å²) < 4.78 is 5.33. The molecule has 4 fully saturated rings. The SMILES string of the molecule is CN1C[C@@H]2CC[C@H](C1)N(C(=O)c1ccc(-c3noc(C4CC4)n3)cc1)C2. The summed E-state index contributed by atoms with van der Waals surface area (Å²) in [7, 11) is 2.16. The van der Waals surface area contributed by atoms with Crippen molar-refractivity contribution in [2.75, 3.05) is 26.7 Å².